The van der Waals surface area contributed by atoms with Crippen molar-refractivity contribution >= 4 is 5.97 Å². The van der Waals surface area contributed by atoms with Gasteiger partial charge in [-0.2, -0.15) is 0 Å². The van der Waals surface area contributed by atoms with Crippen molar-refractivity contribution in [3.05, 3.63) is 12.7 Å². The molecule has 0 aliphatic heterocycles. The van der Waals surface area contributed by atoms with Crippen molar-refractivity contribution in [3.63, 3.8) is 0 Å². The highest BCUT2D eigenvalue weighted by atomic mass is 16.5. The van der Waals surface area contributed by atoms with Crippen LogP contribution < -0.4 is 0 Å². The molecule has 0 rings (SSSR count). The fourth-order valence-corrected chi connectivity index (χ4v) is 1.49. The Bertz CT molecular complexity index is 282. The summed E-state index contributed by atoms with van der Waals surface area (Å²) in [6.45, 7) is 12.8. The highest BCUT2D eigenvalue weighted by Gasteiger charge is 2.26. The predicted molar refractivity (Wildman–Crippen MR) is 65.7 cm³/mol. The highest BCUT2D eigenvalue weighted by Crippen LogP contribution is 2.06. The number of carbonyl (C=O) groups is 1. The fraction of sp³-hybridized carbons (Fsp3) is 0.615. The van der Waals surface area contributed by atoms with E-state index in [9.17, 15) is 4.79 Å². The van der Waals surface area contributed by atoms with Crippen LogP contribution in [0.2, 0.25) is 0 Å². The lowest BCUT2D eigenvalue weighted by Gasteiger charge is -2.33. The van der Waals surface area contributed by atoms with E-state index in [-0.39, 0.29) is 5.97 Å². The summed E-state index contributed by atoms with van der Waals surface area (Å²) in [5, 5.41) is 0. The Morgan fingerprint density at radius 3 is 2.44 bits per heavy atom. The van der Waals surface area contributed by atoms with E-state index in [1.807, 2.05) is 6.92 Å². The number of esters is 1. The molecule has 0 bridgehead atoms. The van der Waals surface area contributed by atoms with Gasteiger partial charge in [-0.1, -0.05) is 12.5 Å². The molecular formula is C13H22NO2+. The molecule has 0 N–H and O–H groups in total. The van der Waals surface area contributed by atoms with Crippen LogP contribution in [-0.4, -0.2) is 43.2 Å². The van der Waals surface area contributed by atoms with Gasteiger partial charge in [0.2, 0.25) is 0 Å². The summed E-state index contributed by atoms with van der Waals surface area (Å²) in [5.74, 6) is 5.70. The van der Waals surface area contributed by atoms with Crippen LogP contribution in [0.25, 0.3) is 0 Å². The zero-order chi connectivity index (χ0) is 12.4. The summed E-state index contributed by atoms with van der Waals surface area (Å²) in [4.78, 5) is 11.5. The number of hydrogen-bond acceptors (Lipinski definition) is 2. The zero-order valence-corrected chi connectivity index (χ0v) is 10.6. The standard InChI is InChI=1S/C13H22NO2/c1-5-9-10-11-14(6-2,7-3)12-13(15)16-8-4/h5H,1,6-8,11-12H2,2-4H3/q+1. The van der Waals surface area contributed by atoms with Gasteiger partial charge in [0, 0.05) is 0 Å². The lowest BCUT2D eigenvalue weighted by Crippen LogP contribution is -2.51. The Balaban J connectivity index is 4.54. The molecule has 0 saturated carbocycles. The number of quaternary nitrogens is 1. The van der Waals surface area contributed by atoms with Crippen molar-refractivity contribution < 1.29 is 14.0 Å². The first-order valence-corrected chi connectivity index (χ1v) is 5.74. The van der Waals surface area contributed by atoms with Gasteiger partial charge in [0.05, 0.1) is 19.7 Å². The Morgan fingerprint density at radius 1 is 1.38 bits per heavy atom. The van der Waals surface area contributed by atoms with Crippen LogP contribution in [0, 0.1) is 11.8 Å². The van der Waals surface area contributed by atoms with Gasteiger partial charge in [0.1, 0.15) is 6.54 Å². The van der Waals surface area contributed by atoms with Gasteiger partial charge in [-0.3, -0.25) is 0 Å². The molecule has 3 nitrogen and oxygen atoms in total. The second kappa shape index (κ2) is 7.95. The van der Waals surface area contributed by atoms with E-state index in [2.05, 4.69) is 32.3 Å². The molecule has 0 aromatic rings. The fourth-order valence-electron chi connectivity index (χ4n) is 1.49. The monoisotopic (exact) mass is 224 g/mol. The lowest BCUT2D eigenvalue weighted by atomic mass is 10.3. The molecule has 0 aliphatic carbocycles. The maximum atomic E-state index is 11.5. The lowest BCUT2D eigenvalue weighted by molar-refractivity contribution is -0.911. The first-order valence-electron chi connectivity index (χ1n) is 5.74. The Morgan fingerprint density at radius 2 is 2.00 bits per heavy atom. The van der Waals surface area contributed by atoms with Crippen molar-refractivity contribution in [2.24, 2.45) is 0 Å². The van der Waals surface area contributed by atoms with Crippen molar-refractivity contribution in [1.29, 1.82) is 0 Å². The highest BCUT2D eigenvalue weighted by molar-refractivity contribution is 5.70. The molecule has 0 radical (unpaired) electrons. The van der Waals surface area contributed by atoms with Crippen molar-refractivity contribution in [2.75, 3.05) is 32.8 Å². The van der Waals surface area contributed by atoms with Gasteiger partial charge in [-0.15, -0.1) is 0 Å². The molecule has 0 unspecified atom stereocenters. The summed E-state index contributed by atoms with van der Waals surface area (Å²) in [7, 11) is 0. The normalized spacial score (nSPS) is 10.2. The molecule has 0 saturated heterocycles. The molecule has 0 atom stereocenters. The minimum absolute atomic E-state index is 0.147. The summed E-state index contributed by atoms with van der Waals surface area (Å²) in [6, 6.07) is 0. The number of rotatable bonds is 6. The van der Waals surface area contributed by atoms with Crippen LogP contribution in [0.15, 0.2) is 12.7 Å². The van der Waals surface area contributed by atoms with Crippen LogP contribution in [0.1, 0.15) is 20.8 Å². The molecule has 0 amide bonds. The summed E-state index contributed by atoms with van der Waals surface area (Å²) in [6.07, 6.45) is 1.57. The van der Waals surface area contributed by atoms with Crippen LogP contribution >= 0.6 is 0 Å². The molecule has 0 aliphatic rings. The van der Waals surface area contributed by atoms with Gasteiger partial charge in [-0.25, -0.2) is 4.79 Å². The number of ether oxygens (including phenoxy) is 1. The van der Waals surface area contributed by atoms with Crippen LogP contribution in [0.3, 0.4) is 0 Å². The maximum Gasteiger partial charge on any atom is 0.361 e. The van der Waals surface area contributed by atoms with E-state index < -0.39 is 0 Å². The molecule has 0 aromatic carbocycles. The summed E-state index contributed by atoms with van der Waals surface area (Å²) < 4.78 is 5.64. The molecular weight excluding hydrogens is 202 g/mol. The first-order chi connectivity index (χ1) is 7.64. The Kier molecular flexibility index (Phi) is 7.32. The second-order valence-electron chi connectivity index (χ2n) is 3.62. The second-order valence-corrected chi connectivity index (χ2v) is 3.62. The Hall–Kier alpha value is -1.27. The number of carbonyl (C=O) groups excluding carboxylic acids is 1. The van der Waals surface area contributed by atoms with Gasteiger partial charge >= 0.3 is 5.97 Å². The molecule has 90 valence electrons. The minimum atomic E-state index is -0.147. The average Bonchev–Trinajstić information content (AvgIpc) is 2.28. The van der Waals surface area contributed by atoms with Crippen molar-refractivity contribution in [1.82, 2.24) is 0 Å². The van der Waals surface area contributed by atoms with Crippen LogP contribution in [0.4, 0.5) is 0 Å². The average molecular weight is 224 g/mol. The predicted octanol–water partition coefficient (Wildman–Crippen LogP) is 1.60. The van der Waals surface area contributed by atoms with E-state index in [1.165, 1.54) is 0 Å². The summed E-state index contributed by atoms with van der Waals surface area (Å²) in [5.41, 5.74) is 0. The molecule has 0 spiro atoms. The van der Waals surface area contributed by atoms with Gasteiger partial charge < -0.3 is 9.22 Å². The molecule has 3 heteroatoms. The molecule has 0 aromatic heterocycles. The first kappa shape index (κ1) is 14.7. The van der Waals surface area contributed by atoms with Gasteiger partial charge in [0.25, 0.3) is 0 Å². The van der Waals surface area contributed by atoms with E-state index in [0.29, 0.717) is 24.2 Å². The maximum absolute atomic E-state index is 11.5. The summed E-state index contributed by atoms with van der Waals surface area (Å²) >= 11 is 0. The number of nitrogens with zero attached hydrogens (tertiary/aromatic N) is 1. The Labute approximate surface area is 98.7 Å². The van der Waals surface area contributed by atoms with E-state index in [0.717, 1.165) is 13.1 Å². The minimum Gasteiger partial charge on any atom is -0.462 e. The molecule has 16 heavy (non-hydrogen) atoms. The van der Waals surface area contributed by atoms with Crippen LogP contribution in [0.5, 0.6) is 0 Å². The largest absolute Gasteiger partial charge is 0.462 e. The van der Waals surface area contributed by atoms with Crippen LogP contribution in [-0.2, 0) is 9.53 Å². The van der Waals surface area contributed by atoms with Gasteiger partial charge in [-0.05, 0) is 32.8 Å². The van der Waals surface area contributed by atoms with E-state index >= 15 is 0 Å². The van der Waals surface area contributed by atoms with E-state index in [4.69, 9.17) is 4.74 Å². The zero-order valence-electron chi connectivity index (χ0n) is 10.6. The third-order valence-corrected chi connectivity index (χ3v) is 2.73. The quantitative estimate of drug-likeness (QED) is 0.389. The third kappa shape index (κ3) is 4.99. The van der Waals surface area contributed by atoms with E-state index in [1.54, 1.807) is 6.08 Å². The van der Waals surface area contributed by atoms with Gasteiger partial charge in [0.15, 0.2) is 6.54 Å². The smallest absolute Gasteiger partial charge is 0.361 e. The number of hydrogen-bond donors (Lipinski definition) is 0. The topological polar surface area (TPSA) is 26.3 Å². The molecule has 0 heterocycles. The molecule has 0 fully saturated rings. The number of allylic oxidation sites excluding steroid dienone is 1. The number of likely N-dealkylation sites (N-methyl/N-ethyl adjacent to an activating group) is 1. The van der Waals surface area contributed by atoms with Crippen molar-refractivity contribution in [2.45, 2.75) is 20.8 Å². The third-order valence-electron chi connectivity index (χ3n) is 2.73. The van der Waals surface area contributed by atoms with Crippen molar-refractivity contribution in [3.8, 4) is 11.8 Å². The SMILES string of the molecule is C=CC#CC[N+](CC)(CC)CC(=O)OCC.